The van der Waals surface area contributed by atoms with Crippen molar-refractivity contribution in [3.05, 3.63) is 64.9 Å². The van der Waals surface area contributed by atoms with Crippen molar-refractivity contribution in [1.82, 2.24) is 15.2 Å². The molecule has 2 aromatic heterocycles. The molecule has 1 amide bonds. The summed E-state index contributed by atoms with van der Waals surface area (Å²) >= 11 is 1.60. The van der Waals surface area contributed by atoms with Crippen molar-refractivity contribution in [2.45, 2.75) is 18.9 Å². The van der Waals surface area contributed by atoms with Crippen molar-refractivity contribution in [2.75, 3.05) is 20.6 Å². The number of furan rings is 1. The predicted molar refractivity (Wildman–Crippen MR) is 104 cm³/mol. The normalized spacial score (nSPS) is 12.3. The molecule has 3 rings (SSSR count). The van der Waals surface area contributed by atoms with E-state index in [0.29, 0.717) is 19.4 Å². The monoisotopic (exact) mass is 369 g/mol. The van der Waals surface area contributed by atoms with Gasteiger partial charge in [-0.2, -0.15) is 0 Å². The number of amides is 1. The van der Waals surface area contributed by atoms with Crippen LogP contribution in [-0.2, 0) is 11.2 Å². The number of nitrogens with one attached hydrogen (secondary N) is 1. The van der Waals surface area contributed by atoms with E-state index in [4.69, 9.17) is 4.42 Å². The van der Waals surface area contributed by atoms with Gasteiger partial charge >= 0.3 is 0 Å². The highest BCUT2D eigenvalue weighted by Crippen LogP contribution is 2.22. The molecular formula is C20H23N3O2S. The number of benzene rings is 1. The number of likely N-dealkylation sites (N-methyl/N-ethyl adjacent to an activating group) is 1. The maximum atomic E-state index is 12.2. The molecule has 26 heavy (non-hydrogen) atoms. The molecule has 6 heteroatoms. The van der Waals surface area contributed by atoms with Gasteiger partial charge < -0.3 is 9.73 Å². The van der Waals surface area contributed by atoms with Gasteiger partial charge in [0.1, 0.15) is 5.76 Å². The number of hydrogen-bond acceptors (Lipinski definition) is 5. The third kappa shape index (κ3) is 4.80. The Balaban J connectivity index is 1.49. The Kier molecular flexibility index (Phi) is 6.20. The molecule has 1 atom stereocenters. The van der Waals surface area contributed by atoms with Crippen LogP contribution in [-0.4, -0.2) is 36.4 Å². The molecular weight excluding hydrogens is 346 g/mol. The summed E-state index contributed by atoms with van der Waals surface area (Å²) in [5, 5.41) is 6.02. The van der Waals surface area contributed by atoms with Crippen LogP contribution < -0.4 is 5.32 Å². The fourth-order valence-electron chi connectivity index (χ4n) is 2.71. The average molecular weight is 369 g/mol. The summed E-state index contributed by atoms with van der Waals surface area (Å²) in [6, 6.07) is 13.9. The SMILES string of the molecule is CN(C)C(CNC(=O)CCc1nc(-c2ccccc2)cs1)c1ccco1. The third-order valence-electron chi connectivity index (χ3n) is 4.17. The Morgan fingerprint density at radius 1 is 1.23 bits per heavy atom. The van der Waals surface area contributed by atoms with Gasteiger partial charge in [-0.1, -0.05) is 30.3 Å². The summed E-state index contributed by atoms with van der Waals surface area (Å²) in [4.78, 5) is 18.9. The number of aryl methyl sites for hydroxylation is 1. The number of carbonyl (C=O) groups is 1. The third-order valence-corrected chi connectivity index (χ3v) is 5.08. The van der Waals surface area contributed by atoms with E-state index in [1.165, 1.54) is 0 Å². The van der Waals surface area contributed by atoms with E-state index in [1.807, 2.05) is 66.8 Å². The Hall–Kier alpha value is -2.44. The van der Waals surface area contributed by atoms with E-state index in [2.05, 4.69) is 10.3 Å². The number of thiazole rings is 1. The van der Waals surface area contributed by atoms with Crippen molar-refractivity contribution < 1.29 is 9.21 Å². The van der Waals surface area contributed by atoms with Crippen molar-refractivity contribution >= 4 is 17.2 Å². The maximum Gasteiger partial charge on any atom is 0.220 e. The summed E-state index contributed by atoms with van der Waals surface area (Å²) < 4.78 is 5.46. The molecule has 0 fully saturated rings. The van der Waals surface area contributed by atoms with E-state index < -0.39 is 0 Å². The first-order valence-corrected chi connectivity index (χ1v) is 9.48. The van der Waals surface area contributed by atoms with Gasteiger partial charge in [0.2, 0.25) is 5.91 Å². The molecule has 2 heterocycles. The van der Waals surface area contributed by atoms with Crippen LogP contribution in [0.15, 0.2) is 58.5 Å². The van der Waals surface area contributed by atoms with Crippen LogP contribution in [0.4, 0.5) is 0 Å². The fraction of sp³-hybridized carbons (Fsp3) is 0.300. The van der Waals surface area contributed by atoms with Crippen LogP contribution in [0.1, 0.15) is 23.2 Å². The van der Waals surface area contributed by atoms with Crippen molar-refractivity contribution in [1.29, 1.82) is 0 Å². The zero-order valence-electron chi connectivity index (χ0n) is 15.0. The van der Waals surface area contributed by atoms with Gasteiger partial charge in [-0.3, -0.25) is 9.69 Å². The van der Waals surface area contributed by atoms with E-state index in [9.17, 15) is 4.79 Å². The fourth-order valence-corrected chi connectivity index (χ4v) is 3.51. The highest BCUT2D eigenvalue weighted by molar-refractivity contribution is 7.09. The Morgan fingerprint density at radius 3 is 2.73 bits per heavy atom. The van der Waals surface area contributed by atoms with E-state index in [-0.39, 0.29) is 11.9 Å². The number of carbonyl (C=O) groups excluding carboxylic acids is 1. The lowest BCUT2D eigenvalue weighted by molar-refractivity contribution is -0.121. The Labute approximate surface area is 157 Å². The van der Waals surface area contributed by atoms with E-state index >= 15 is 0 Å². The number of nitrogens with zero attached hydrogens (tertiary/aromatic N) is 2. The molecule has 136 valence electrons. The van der Waals surface area contributed by atoms with E-state index in [1.54, 1.807) is 17.6 Å². The second-order valence-electron chi connectivity index (χ2n) is 6.29. The van der Waals surface area contributed by atoms with Crippen molar-refractivity contribution in [2.24, 2.45) is 0 Å². The average Bonchev–Trinajstić information content (AvgIpc) is 3.33. The predicted octanol–water partition coefficient (Wildman–Crippen LogP) is 3.75. The van der Waals surface area contributed by atoms with E-state index in [0.717, 1.165) is 22.0 Å². The lowest BCUT2D eigenvalue weighted by atomic mass is 10.2. The zero-order valence-corrected chi connectivity index (χ0v) is 15.8. The molecule has 1 aromatic carbocycles. The number of hydrogen-bond donors (Lipinski definition) is 1. The van der Waals surface area contributed by atoms with Gasteiger partial charge in [0, 0.05) is 30.3 Å². The smallest absolute Gasteiger partial charge is 0.220 e. The van der Waals surface area contributed by atoms with Gasteiger partial charge in [0.15, 0.2) is 0 Å². The molecule has 0 aliphatic rings. The molecule has 0 saturated heterocycles. The van der Waals surface area contributed by atoms with Crippen LogP contribution in [0.3, 0.4) is 0 Å². The first kappa shape index (κ1) is 18.4. The lowest BCUT2D eigenvalue weighted by Crippen LogP contribution is -2.34. The summed E-state index contributed by atoms with van der Waals surface area (Å²) in [7, 11) is 3.94. The highest BCUT2D eigenvalue weighted by Gasteiger charge is 2.18. The topological polar surface area (TPSA) is 58.4 Å². The summed E-state index contributed by atoms with van der Waals surface area (Å²) in [6.07, 6.45) is 2.73. The molecule has 0 bridgehead atoms. The standard InChI is InChI=1S/C20H23N3O2S/c1-23(2)17(18-9-6-12-25-18)13-21-19(24)10-11-20-22-16(14-26-20)15-7-4-3-5-8-15/h3-9,12,14,17H,10-11,13H2,1-2H3,(H,21,24). The lowest BCUT2D eigenvalue weighted by Gasteiger charge is -2.22. The molecule has 3 aromatic rings. The zero-order chi connectivity index (χ0) is 18.4. The largest absolute Gasteiger partial charge is 0.468 e. The summed E-state index contributed by atoms with van der Waals surface area (Å²) in [6.45, 7) is 0.520. The van der Waals surface area contributed by atoms with Crippen LogP contribution in [0.5, 0.6) is 0 Å². The second-order valence-corrected chi connectivity index (χ2v) is 7.23. The Bertz CT molecular complexity index is 813. The van der Waals surface area contributed by atoms with Crippen LogP contribution in [0.2, 0.25) is 0 Å². The summed E-state index contributed by atoms with van der Waals surface area (Å²) in [5.74, 6) is 0.877. The van der Waals surface area contributed by atoms with Crippen molar-refractivity contribution in [3.8, 4) is 11.3 Å². The molecule has 1 unspecified atom stereocenters. The molecule has 0 aliphatic heterocycles. The molecule has 0 aliphatic carbocycles. The minimum Gasteiger partial charge on any atom is -0.468 e. The molecule has 0 saturated carbocycles. The minimum absolute atomic E-state index is 0.0264. The van der Waals surface area contributed by atoms with Gasteiger partial charge in [-0.15, -0.1) is 11.3 Å². The minimum atomic E-state index is 0.0264. The van der Waals surface area contributed by atoms with Crippen molar-refractivity contribution in [3.63, 3.8) is 0 Å². The maximum absolute atomic E-state index is 12.2. The number of rotatable bonds is 8. The first-order valence-electron chi connectivity index (χ1n) is 8.60. The molecule has 0 radical (unpaired) electrons. The Morgan fingerprint density at radius 2 is 2.04 bits per heavy atom. The van der Waals surface area contributed by atoms with Gasteiger partial charge in [0.05, 0.1) is 23.0 Å². The van der Waals surface area contributed by atoms with Gasteiger partial charge in [-0.25, -0.2) is 4.98 Å². The highest BCUT2D eigenvalue weighted by atomic mass is 32.1. The number of aromatic nitrogens is 1. The van der Waals surface area contributed by atoms with Crippen LogP contribution in [0, 0.1) is 0 Å². The summed E-state index contributed by atoms with van der Waals surface area (Å²) in [5.41, 5.74) is 2.07. The van der Waals surface area contributed by atoms with Gasteiger partial charge in [0.25, 0.3) is 0 Å². The van der Waals surface area contributed by atoms with Crippen LogP contribution >= 0.6 is 11.3 Å². The second kappa shape index (κ2) is 8.78. The van der Waals surface area contributed by atoms with Crippen LogP contribution in [0.25, 0.3) is 11.3 Å². The molecule has 5 nitrogen and oxygen atoms in total. The van der Waals surface area contributed by atoms with Gasteiger partial charge in [-0.05, 0) is 26.2 Å². The first-order chi connectivity index (χ1) is 12.6. The quantitative estimate of drug-likeness (QED) is 0.657. The molecule has 0 spiro atoms. The molecule has 1 N–H and O–H groups in total.